The molecule has 1 unspecified atom stereocenters. The van der Waals surface area contributed by atoms with Crippen molar-refractivity contribution >= 4 is 40.8 Å². The van der Waals surface area contributed by atoms with Gasteiger partial charge in [0.15, 0.2) is 12.4 Å². The van der Waals surface area contributed by atoms with Crippen LogP contribution in [0.4, 0.5) is 0 Å². The summed E-state index contributed by atoms with van der Waals surface area (Å²) in [6.45, 7) is 0.866. The number of Topliss-reactive ketones (excluding diaryl/α,β-unsaturated/α-hetero) is 1. The van der Waals surface area contributed by atoms with Crippen molar-refractivity contribution in [1.82, 2.24) is 0 Å². The van der Waals surface area contributed by atoms with E-state index in [-0.39, 0.29) is 16.7 Å². The van der Waals surface area contributed by atoms with Crippen LogP contribution in [0.5, 0.6) is 0 Å². The van der Waals surface area contributed by atoms with Crippen LogP contribution < -0.4 is 0 Å². The van der Waals surface area contributed by atoms with Crippen LogP contribution in [0, 0.1) is 22.7 Å². The van der Waals surface area contributed by atoms with Gasteiger partial charge in [-0.3, -0.25) is 9.59 Å². The predicted octanol–water partition coefficient (Wildman–Crippen LogP) is 4.45. The molecule has 5 nitrogen and oxygen atoms in total. The van der Waals surface area contributed by atoms with Crippen molar-refractivity contribution in [3.05, 3.63) is 70.7 Å². The summed E-state index contributed by atoms with van der Waals surface area (Å²) in [4.78, 5) is 24.0. The summed E-state index contributed by atoms with van der Waals surface area (Å²) in [6, 6.07) is 18.9. The third kappa shape index (κ3) is 6.22. The summed E-state index contributed by atoms with van der Waals surface area (Å²) >= 11 is 7.35. The van der Waals surface area contributed by atoms with Crippen molar-refractivity contribution < 1.29 is 14.3 Å². The number of nitrogens with zero attached hydrogens (tertiary/aromatic N) is 1. The number of hydrogen-bond acceptors (Lipinski definition) is 6. The Kier molecular flexibility index (Phi) is 8.24. The Morgan fingerprint density at radius 2 is 1.75 bits per heavy atom. The van der Waals surface area contributed by atoms with Gasteiger partial charge in [-0.15, -0.1) is 11.8 Å². The minimum Gasteiger partial charge on any atom is -0.457 e. The molecule has 2 aromatic rings. The summed E-state index contributed by atoms with van der Waals surface area (Å²) in [5.74, 6) is -2.28. The van der Waals surface area contributed by atoms with Gasteiger partial charge in [0.05, 0.1) is 17.1 Å². The second kappa shape index (κ2) is 10.6. The Balaban J connectivity index is 2.00. The first-order valence-electron chi connectivity index (χ1n) is 8.47. The molecule has 28 heavy (non-hydrogen) atoms. The maximum Gasteiger partial charge on any atom is 0.316 e. The van der Waals surface area contributed by atoms with E-state index in [1.807, 2.05) is 42.5 Å². The maximum atomic E-state index is 12.1. The van der Waals surface area contributed by atoms with E-state index in [2.05, 4.69) is 0 Å². The molecule has 2 aromatic carbocycles. The monoisotopic (exact) mass is 414 g/mol. The highest BCUT2D eigenvalue weighted by Gasteiger charge is 2.22. The molecular formula is C21H19ClN2O3S. The first-order valence-corrected chi connectivity index (χ1v) is 9.90. The van der Waals surface area contributed by atoms with E-state index >= 15 is 0 Å². The first kappa shape index (κ1) is 21.7. The fraction of sp³-hybridized carbons (Fsp3) is 0.238. The predicted molar refractivity (Wildman–Crippen MR) is 111 cm³/mol. The Morgan fingerprint density at radius 1 is 1.14 bits per heavy atom. The van der Waals surface area contributed by atoms with Crippen LogP contribution in [0.2, 0.25) is 5.02 Å². The molecule has 0 aliphatic rings. The molecule has 0 heterocycles. The van der Waals surface area contributed by atoms with Gasteiger partial charge in [0, 0.05) is 10.7 Å². The molecule has 0 radical (unpaired) electrons. The molecule has 0 spiro atoms. The molecule has 144 valence electrons. The lowest BCUT2D eigenvalue weighted by Gasteiger charge is -2.17. The number of rotatable bonds is 9. The second-order valence-corrected chi connectivity index (χ2v) is 7.56. The lowest BCUT2D eigenvalue weighted by Crippen LogP contribution is -2.26. The molecule has 1 N–H and O–H groups in total. The normalized spacial score (nSPS) is 12.5. The van der Waals surface area contributed by atoms with Gasteiger partial charge in [-0.25, -0.2) is 0 Å². The molecule has 0 aliphatic carbocycles. The van der Waals surface area contributed by atoms with Crippen molar-refractivity contribution in [1.29, 1.82) is 10.7 Å². The van der Waals surface area contributed by atoms with Crippen molar-refractivity contribution in [2.24, 2.45) is 5.92 Å². The molecule has 2 rings (SSSR count). The minimum atomic E-state index is -1.17. The molecule has 0 saturated heterocycles. The fourth-order valence-corrected chi connectivity index (χ4v) is 3.70. The van der Waals surface area contributed by atoms with Crippen molar-refractivity contribution in [2.75, 3.05) is 12.4 Å². The van der Waals surface area contributed by atoms with Crippen LogP contribution in [0.25, 0.3) is 0 Å². The van der Waals surface area contributed by atoms with E-state index < -0.39 is 24.3 Å². The smallest absolute Gasteiger partial charge is 0.316 e. The van der Waals surface area contributed by atoms with E-state index in [0.29, 0.717) is 5.02 Å². The van der Waals surface area contributed by atoms with Gasteiger partial charge in [-0.2, -0.15) is 5.26 Å². The number of carbonyl (C=O) groups excluding carboxylic acids is 2. The number of nitrogens with one attached hydrogen (secondary N) is 1. The quantitative estimate of drug-likeness (QED) is 0.483. The number of carbonyl (C=O) groups is 2. The zero-order valence-corrected chi connectivity index (χ0v) is 16.8. The summed E-state index contributed by atoms with van der Waals surface area (Å²) < 4.78 is 5.00. The Bertz CT molecular complexity index is 879. The van der Waals surface area contributed by atoms with E-state index in [0.717, 1.165) is 11.1 Å². The minimum absolute atomic E-state index is 0.0380. The van der Waals surface area contributed by atoms with Gasteiger partial charge < -0.3 is 10.1 Å². The molecule has 0 saturated carbocycles. The van der Waals surface area contributed by atoms with Crippen LogP contribution >= 0.6 is 23.4 Å². The molecule has 0 fully saturated rings. The van der Waals surface area contributed by atoms with Crippen LogP contribution in [-0.2, 0) is 14.3 Å². The van der Waals surface area contributed by atoms with E-state index in [9.17, 15) is 9.59 Å². The number of ether oxygens (including phenoxy) is 1. The summed E-state index contributed by atoms with van der Waals surface area (Å²) in [6.07, 6.45) is 0. The van der Waals surface area contributed by atoms with Crippen LogP contribution in [0.1, 0.15) is 23.3 Å². The summed E-state index contributed by atoms with van der Waals surface area (Å²) in [7, 11) is 0. The molecule has 0 aliphatic heterocycles. The van der Waals surface area contributed by atoms with Gasteiger partial charge in [0.1, 0.15) is 5.92 Å². The molecular weight excluding hydrogens is 396 g/mol. The van der Waals surface area contributed by atoms with Crippen LogP contribution in [-0.4, -0.2) is 29.8 Å². The van der Waals surface area contributed by atoms with Gasteiger partial charge in [0.2, 0.25) is 0 Å². The SMILES string of the molecule is CC(=N)C(C#N)C(=O)COC(=O)CS[C@@H](c1ccccc1)c1ccc(Cl)cc1. The van der Waals surface area contributed by atoms with Crippen molar-refractivity contribution in [3.63, 3.8) is 0 Å². The van der Waals surface area contributed by atoms with Crippen molar-refractivity contribution in [3.8, 4) is 6.07 Å². The van der Waals surface area contributed by atoms with Crippen LogP contribution in [0.15, 0.2) is 54.6 Å². The Morgan fingerprint density at radius 3 is 2.32 bits per heavy atom. The average molecular weight is 415 g/mol. The Hall–Kier alpha value is -2.62. The maximum absolute atomic E-state index is 12.1. The number of thioether (sulfide) groups is 1. The van der Waals surface area contributed by atoms with Gasteiger partial charge in [-0.05, 0) is 30.2 Å². The number of hydrogen-bond donors (Lipinski definition) is 1. The highest BCUT2D eigenvalue weighted by molar-refractivity contribution is 8.00. The average Bonchev–Trinajstić information content (AvgIpc) is 2.69. The highest BCUT2D eigenvalue weighted by Crippen LogP contribution is 2.36. The number of halogens is 1. The van der Waals surface area contributed by atoms with Crippen LogP contribution in [0.3, 0.4) is 0 Å². The zero-order valence-electron chi connectivity index (χ0n) is 15.2. The number of benzene rings is 2. The lowest BCUT2D eigenvalue weighted by atomic mass is 10.0. The Labute approximate surface area is 173 Å². The molecule has 2 atom stereocenters. The lowest BCUT2D eigenvalue weighted by molar-refractivity contribution is -0.145. The first-order chi connectivity index (χ1) is 13.4. The zero-order chi connectivity index (χ0) is 20.5. The fourth-order valence-electron chi connectivity index (χ4n) is 2.49. The third-order valence-electron chi connectivity index (χ3n) is 3.90. The van der Waals surface area contributed by atoms with Gasteiger partial charge in [0.25, 0.3) is 0 Å². The van der Waals surface area contributed by atoms with Gasteiger partial charge in [-0.1, -0.05) is 54.1 Å². The number of esters is 1. The van der Waals surface area contributed by atoms with Gasteiger partial charge >= 0.3 is 5.97 Å². The number of ketones is 1. The van der Waals surface area contributed by atoms with E-state index in [1.54, 1.807) is 18.2 Å². The molecule has 0 aromatic heterocycles. The van der Waals surface area contributed by atoms with E-state index in [4.69, 9.17) is 27.0 Å². The molecule has 0 bridgehead atoms. The highest BCUT2D eigenvalue weighted by atomic mass is 35.5. The standard InChI is InChI=1S/C21H19ClN2O3S/c1-14(24)18(11-23)19(25)12-27-20(26)13-28-21(15-5-3-2-4-6-15)16-7-9-17(22)10-8-16/h2-10,18,21,24H,12-13H2,1H3/t18?,21-/m0/s1. The van der Waals surface area contributed by atoms with Crippen molar-refractivity contribution in [2.45, 2.75) is 12.2 Å². The summed E-state index contributed by atoms with van der Waals surface area (Å²) in [5.41, 5.74) is 1.96. The third-order valence-corrected chi connectivity index (χ3v) is 5.43. The second-order valence-electron chi connectivity index (χ2n) is 6.03. The topological polar surface area (TPSA) is 91.0 Å². The number of nitriles is 1. The molecule has 0 amide bonds. The largest absolute Gasteiger partial charge is 0.457 e. The molecule has 7 heteroatoms. The van der Waals surface area contributed by atoms with E-state index in [1.165, 1.54) is 18.7 Å². The summed E-state index contributed by atoms with van der Waals surface area (Å²) in [5, 5.41) is 16.9.